The van der Waals surface area contributed by atoms with Crippen molar-refractivity contribution in [3.05, 3.63) is 18.0 Å². The fourth-order valence-electron chi connectivity index (χ4n) is 2.88. The Labute approximate surface area is 169 Å². The lowest BCUT2D eigenvalue weighted by Gasteiger charge is -2.26. The van der Waals surface area contributed by atoms with E-state index in [9.17, 15) is 5.11 Å². The molecule has 0 saturated heterocycles. The van der Waals surface area contributed by atoms with Gasteiger partial charge in [-0.1, -0.05) is 26.7 Å². The molecular formula is C18H36IN5O. The van der Waals surface area contributed by atoms with Crippen LogP contribution in [-0.2, 0) is 13.5 Å². The van der Waals surface area contributed by atoms with Gasteiger partial charge in [0.2, 0.25) is 0 Å². The Kier molecular flexibility index (Phi) is 12.9. The SMILES string of the molecule is CCCC(O)(CCC)CN=C(NCC)NCCCc1cnn(C)c1.I. The summed E-state index contributed by atoms with van der Waals surface area (Å²) < 4.78 is 1.83. The van der Waals surface area contributed by atoms with Gasteiger partial charge in [0.15, 0.2) is 5.96 Å². The van der Waals surface area contributed by atoms with Gasteiger partial charge in [-0.3, -0.25) is 9.67 Å². The minimum absolute atomic E-state index is 0. The molecule has 3 N–H and O–H groups in total. The number of hydrogen-bond acceptors (Lipinski definition) is 3. The summed E-state index contributed by atoms with van der Waals surface area (Å²) in [6.45, 7) is 8.37. The van der Waals surface area contributed by atoms with Crippen molar-refractivity contribution in [3.8, 4) is 0 Å². The first-order valence-corrected chi connectivity index (χ1v) is 9.25. The quantitative estimate of drug-likeness (QED) is 0.203. The van der Waals surface area contributed by atoms with Crippen molar-refractivity contribution in [1.82, 2.24) is 20.4 Å². The summed E-state index contributed by atoms with van der Waals surface area (Å²) in [7, 11) is 1.94. The van der Waals surface area contributed by atoms with Crippen LogP contribution >= 0.6 is 24.0 Å². The van der Waals surface area contributed by atoms with Gasteiger partial charge in [-0.2, -0.15) is 5.10 Å². The van der Waals surface area contributed by atoms with Gasteiger partial charge in [-0.15, -0.1) is 24.0 Å². The van der Waals surface area contributed by atoms with Crippen LogP contribution in [0.25, 0.3) is 0 Å². The molecule has 0 spiro atoms. The van der Waals surface area contributed by atoms with Crippen LogP contribution in [0.4, 0.5) is 0 Å². The number of aryl methyl sites for hydroxylation is 2. The molecule has 1 aromatic heterocycles. The summed E-state index contributed by atoms with van der Waals surface area (Å²) in [4.78, 5) is 4.60. The van der Waals surface area contributed by atoms with Crippen LogP contribution in [0.2, 0.25) is 0 Å². The molecule has 146 valence electrons. The van der Waals surface area contributed by atoms with E-state index in [2.05, 4.69) is 47.7 Å². The molecule has 0 aliphatic rings. The van der Waals surface area contributed by atoms with Gasteiger partial charge in [-0.05, 0) is 38.2 Å². The van der Waals surface area contributed by atoms with Crippen molar-refractivity contribution in [2.75, 3.05) is 19.6 Å². The first kappa shape index (κ1) is 24.2. The third kappa shape index (κ3) is 10.0. The Morgan fingerprint density at radius 1 is 1.24 bits per heavy atom. The average Bonchev–Trinajstić information content (AvgIpc) is 2.95. The number of nitrogens with one attached hydrogen (secondary N) is 2. The molecule has 0 amide bonds. The lowest BCUT2D eigenvalue weighted by molar-refractivity contribution is 0.0306. The van der Waals surface area contributed by atoms with E-state index in [0.717, 1.165) is 57.6 Å². The van der Waals surface area contributed by atoms with E-state index in [4.69, 9.17) is 0 Å². The second kappa shape index (κ2) is 13.4. The topological polar surface area (TPSA) is 74.5 Å². The Balaban J connectivity index is 0.00000576. The van der Waals surface area contributed by atoms with E-state index in [0.29, 0.717) is 6.54 Å². The minimum atomic E-state index is -0.679. The van der Waals surface area contributed by atoms with E-state index in [1.165, 1.54) is 5.56 Å². The van der Waals surface area contributed by atoms with E-state index in [1.54, 1.807) is 0 Å². The summed E-state index contributed by atoms with van der Waals surface area (Å²) in [6.07, 6.45) is 9.52. The Morgan fingerprint density at radius 2 is 1.92 bits per heavy atom. The number of nitrogens with zero attached hydrogens (tertiary/aromatic N) is 3. The summed E-state index contributed by atoms with van der Waals surface area (Å²) in [6, 6.07) is 0. The third-order valence-electron chi connectivity index (χ3n) is 4.00. The summed E-state index contributed by atoms with van der Waals surface area (Å²) in [5.74, 6) is 0.786. The summed E-state index contributed by atoms with van der Waals surface area (Å²) in [5, 5.41) is 21.5. The fourth-order valence-corrected chi connectivity index (χ4v) is 2.88. The Bertz CT molecular complexity index is 484. The summed E-state index contributed by atoms with van der Waals surface area (Å²) in [5.41, 5.74) is 0.572. The van der Waals surface area contributed by atoms with Crippen LogP contribution in [0.15, 0.2) is 17.4 Å². The van der Waals surface area contributed by atoms with Crippen molar-refractivity contribution in [2.45, 2.75) is 64.9 Å². The van der Waals surface area contributed by atoms with Crippen molar-refractivity contribution in [1.29, 1.82) is 0 Å². The number of hydrogen-bond donors (Lipinski definition) is 3. The second-order valence-electron chi connectivity index (χ2n) is 6.47. The maximum absolute atomic E-state index is 10.7. The first-order valence-electron chi connectivity index (χ1n) is 9.25. The van der Waals surface area contributed by atoms with Gasteiger partial charge < -0.3 is 15.7 Å². The van der Waals surface area contributed by atoms with Gasteiger partial charge in [0.1, 0.15) is 0 Å². The van der Waals surface area contributed by atoms with Crippen LogP contribution < -0.4 is 10.6 Å². The van der Waals surface area contributed by atoms with E-state index in [-0.39, 0.29) is 24.0 Å². The number of halogens is 1. The maximum Gasteiger partial charge on any atom is 0.191 e. The van der Waals surface area contributed by atoms with E-state index in [1.807, 2.05) is 17.9 Å². The number of guanidine groups is 1. The van der Waals surface area contributed by atoms with Crippen LogP contribution in [0.5, 0.6) is 0 Å². The minimum Gasteiger partial charge on any atom is -0.388 e. The normalized spacial score (nSPS) is 12.0. The maximum atomic E-state index is 10.7. The molecule has 0 fully saturated rings. The molecule has 6 nitrogen and oxygen atoms in total. The highest BCUT2D eigenvalue weighted by Gasteiger charge is 2.24. The zero-order valence-electron chi connectivity index (χ0n) is 16.2. The first-order chi connectivity index (χ1) is 11.5. The third-order valence-corrected chi connectivity index (χ3v) is 4.00. The van der Waals surface area contributed by atoms with Crippen molar-refractivity contribution < 1.29 is 5.11 Å². The van der Waals surface area contributed by atoms with Crippen LogP contribution in [-0.4, -0.2) is 46.1 Å². The molecule has 0 aliphatic heterocycles. The van der Waals surface area contributed by atoms with Gasteiger partial charge in [0, 0.05) is 26.3 Å². The van der Waals surface area contributed by atoms with Crippen molar-refractivity contribution in [3.63, 3.8) is 0 Å². The fraction of sp³-hybridized carbons (Fsp3) is 0.778. The largest absolute Gasteiger partial charge is 0.388 e. The highest BCUT2D eigenvalue weighted by atomic mass is 127. The predicted molar refractivity (Wildman–Crippen MR) is 116 cm³/mol. The van der Waals surface area contributed by atoms with Gasteiger partial charge in [0.05, 0.1) is 18.3 Å². The molecule has 0 aliphatic carbocycles. The smallest absolute Gasteiger partial charge is 0.191 e. The molecule has 7 heteroatoms. The molecule has 0 saturated carbocycles. The molecule has 0 atom stereocenters. The number of aliphatic hydroxyl groups is 1. The van der Waals surface area contributed by atoms with Gasteiger partial charge in [-0.25, -0.2) is 0 Å². The lowest BCUT2D eigenvalue weighted by Crippen LogP contribution is -2.40. The lowest BCUT2D eigenvalue weighted by atomic mass is 9.93. The van der Waals surface area contributed by atoms with E-state index >= 15 is 0 Å². The predicted octanol–water partition coefficient (Wildman–Crippen LogP) is 2.86. The number of aromatic nitrogens is 2. The van der Waals surface area contributed by atoms with Crippen LogP contribution in [0.3, 0.4) is 0 Å². The highest BCUT2D eigenvalue weighted by Crippen LogP contribution is 2.19. The highest BCUT2D eigenvalue weighted by molar-refractivity contribution is 14.0. The molecule has 25 heavy (non-hydrogen) atoms. The molecule has 0 bridgehead atoms. The van der Waals surface area contributed by atoms with E-state index < -0.39 is 5.60 Å². The second-order valence-corrected chi connectivity index (χ2v) is 6.47. The molecule has 1 heterocycles. The average molecular weight is 465 g/mol. The number of aliphatic imine (C=N–C) groups is 1. The molecule has 0 unspecified atom stereocenters. The molecular weight excluding hydrogens is 429 g/mol. The van der Waals surface area contributed by atoms with Crippen LogP contribution in [0, 0.1) is 0 Å². The van der Waals surface area contributed by atoms with Crippen molar-refractivity contribution in [2.24, 2.45) is 12.0 Å². The zero-order valence-corrected chi connectivity index (χ0v) is 18.5. The summed E-state index contributed by atoms with van der Waals surface area (Å²) >= 11 is 0. The molecule has 0 aromatic carbocycles. The van der Waals surface area contributed by atoms with Crippen molar-refractivity contribution >= 4 is 29.9 Å². The van der Waals surface area contributed by atoms with Gasteiger partial charge in [0.25, 0.3) is 0 Å². The zero-order chi connectivity index (χ0) is 17.8. The molecule has 0 radical (unpaired) electrons. The Morgan fingerprint density at radius 3 is 2.44 bits per heavy atom. The number of rotatable bonds is 11. The Hall–Kier alpha value is -0.830. The molecule has 1 aromatic rings. The standard InChI is InChI=1S/C18H35N5O.HI/c1-5-10-18(24,11-6-2)15-21-17(19-7-3)20-12-8-9-16-13-22-23(4)14-16;/h13-14,24H,5-12,15H2,1-4H3,(H2,19,20,21);1H. The van der Waals surface area contributed by atoms with Gasteiger partial charge >= 0.3 is 0 Å². The monoisotopic (exact) mass is 465 g/mol. The van der Waals surface area contributed by atoms with Crippen LogP contribution in [0.1, 0.15) is 58.4 Å². The molecule has 1 rings (SSSR count).